The number of likely N-dealkylation sites (N-methyl/N-ethyl adjacent to an activating group) is 1. The fourth-order valence-corrected chi connectivity index (χ4v) is 1.73. The molecule has 1 rings (SSSR count). The van der Waals surface area contributed by atoms with Gasteiger partial charge in [0.25, 0.3) is 0 Å². The van der Waals surface area contributed by atoms with Gasteiger partial charge in [0.05, 0.1) is 25.9 Å². The van der Waals surface area contributed by atoms with Crippen molar-refractivity contribution in [2.45, 2.75) is 25.9 Å². The van der Waals surface area contributed by atoms with Gasteiger partial charge in [0.1, 0.15) is 0 Å². The molecule has 1 saturated heterocycles. The molecule has 0 aromatic heterocycles. The summed E-state index contributed by atoms with van der Waals surface area (Å²) in [5.74, 6) is 0.117. The second-order valence-electron chi connectivity index (χ2n) is 4.31. The Morgan fingerprint density at radius 1 is 1.44 bits per heavy atom. The summed E-state index contributed by atoms with van der Waals surface area (Å²) in [6.45, 7) is 6.44. The summed E-state index contributed by atoms with van der Waals surface area (Å²) >= 11 is 0. The summed E-state index contributed by atoms with van der Waals surface area (Å²) in [4.78, 5) is 15.8. The maximum atomic E-state index is 12.1. The highest BCUT2D eigenvalue weighted by Crippen LogP contribution is 2.07. The highest BCUT2D eigenvalue weighted by molar-refractivity contribution is 5.81. The molecule has 1 aliphatic heterocycles. The molecule has 1 aliphatic rings. The Labute approximate surface area is 97.0 Å². The van der Waals surface area contributed by atoms with Crippen LogP contribution in [-0.4, -0.2) is 72.9 Å². The monoisotopic (exact) mass is 230 g/mol. The maximum absolute atomic E-state index is 12.1. The second kappa shape index (κ2) is 6.18. The summed E-state index contributed by atoms with van der Waals surface area (Å²) in [6.07, 6.45) is 0. The molecular formula is C11H22N2O3. The van der Waals surface area contributed by atoms with Crippen LogP contribution in [0, 0.1) is 0 Å². The molecule has 0 radical (unpaired) electrons. The van der Waals surface area contributed by atoms with Crippen LogP contribution in [0.25, 0.3) is 0 Å². The second-order valence-corrected chi connectivity index (χ2v) is 4.31. The van der Waals surface area contributed by atoms with E-state index >= 15 is 0 Å². The number of hydrogen-bond donors (Lipinski definition) is 1. The molecule has 5 nitrogen and oxygen atoms in total. The minimum absolute atomic E-state index is 0.00000874. The van der Waals surface area contributed by atoms with Crippen LogP contribution >= 0.6 is 0 Å². The van der Waals surface area contributed by atoms with E-state index in [1.165, 1.54) is 0 Å². The topological polar surface area (TPSA) is 53.0 Å². The summed E-state index contributed by atoms with van der Waals surface area (Å²) in [7, 11) is 1.86. The predicted octanol–water partition coefficient (Wildman–Crippen LogP) is -0.454. The first-order chi connectivity index (χ1) is 7.57. The first kappa shape index (κ1) is 13.4. The van der Waals surface area contributed by atoms with Crippen LogP contribution < -0.4 is 0 Å². The third-order valence-electron chi connectivity index (χ3n) is 3.25. The van der Waals surface area contributed by atoms with Gasteiger partial charge in [-0.2, -0.15) is 0 Å². The number of carbonyl (C=O) groups excluding carboxylic acids is 1. The van der Waals surface area contributed by atoms with E-state index in [2.05, 4.69) is 0 Å². The van der Waals surface area contributed by atoms with E-state index < -0.39 is 0 Å². The van der Waals surface area contributed by atoms with Gasteiger partial charge in [0.15, 0.2) is 0 Å². The lowest BCUT2D eigenvalue weighted by Gasteiger charge is -2.34. The number of aliphatic hydroxyl groups is 1. The van der Waals surface area contributed by atoms with Crippen molar-refractivity contribution in [3.05, 3.63) is 0 Å². The normalized spacial score (nSPS) is 20.9. The van der Waals surface area contributed by atoms with E-state index in [9.17, 15) is 4.79 Å². The molecule has 0 bridgehead atoms. The fraction of sp³-hybridized carbons (Fsp3) is 0.909. The fourth-order valence-electron chi connectivity index (χ4n) is 1.73. The molecule has 1 N–H and O–H groups in total. The molecule has 2 atom stereocenters. The Kier molecular flexibility index (Phi) is 5.18. The van der Waals surface area contributed by atoms with Gasteiger partial charge >= 0.3 is 0 Å². The van der Waals surface area contributed by atoms with Crippen LogP contribution in [0.2, 0.25) is 0 Å². The van der Waals surface area contributed by atoms with E-state index in [1.807, 2.05) is 30.7 Å². The number of ether oxygens (including phenoxy) is 1. The smallest absolute Gasteiger partial charge is 0.239 e. The SMILES string of the molecule is CC(CO)N(C)C(C)C(=O)N1CCOCC1. The molecular weight excluding hydrogens is 208 g/mol. The van der Waals surface area contributed by atoms with E-state index in [0.717, 1.165) is 0 Å². The molecule has 0 aliphatic carbocycles. The predicted molar refractivity (Wildman–Crippen MR) is 61.2 cm³/mol. The van der Waals surface area contributed by atoms with Crippen LogP contribution in [0.3, 0.4) is 0 Å². The van der Waals surface area contributed by atoms with E-state index in [0.29, 0.717) is 26.3 Å². The Hall–Kier alpha value is -0.650. The zero-order valence-electron chi connectivity index (χ0n) is 10.3. The van der Waals surface area contributed by atoms with Crippen LogP contribution in [0.15, 0.2) is 0 Å². The molecule has 5 heteroatoms. The van der Waals surface area contributed by atoms with Gasteiger partial charge in [-0.05, 0) is 20.9 Å². The lowest BCUT2D eigenvalue weighted by Crippen LogP contribution is -2.52. The number of nitrogens with zero attached hydrogens (tertiary/aromatic N) is 2. The number of aliphatic hydroxyl groups excluding tert-OH is 1. The van der Waals surface area contributed by atoms with Crippen LogP contribution in [-0.2, 0) is 9.53 Å². The molecule has 94 valence electrons. The number of morpholine rings is 1. The molecule has 0 spiro atoms. The van der Waals surface area contributed by atoms with Gasteiger partial charge in [-0.1, -0.05) is 0 Å². The van der Waals surface area contributed by atoms with Crippen molar-refractivity contribution in [2.24, 2.45) is 0 Å². The maximum Gasteiger partial charge on any atom is 0.239 e. The lowest BCUT2D eigenvalue weighted by atomic mass is 10.2. The molecule has 1 amide bonds. The number of carbonyl (C=O) groups is 1. The summed E-state index contributed by atoms with van der Waals surface area (Å²) < 4.78 is 5.21. The van der Waals surface area contributed by atoms with Crippen LogP contribution in [0.1, 0.15) is 13.8 Å². The Balaban J connectivity index is 2.51. The standard InChI is InChI=1S/C11H22N2O3/c1-9(8-14)12(3)10(2)11(15)13-4-6-16-7-5-13/h9-10,14H,4-8H2,1-3H3. The Morgan fingerprint density at radius 2 is 2.00 bits per heavy atom. The van der Waals surface area contributed by atoms with Crippen molar-refractivity contribution in [3.8, 4) is 0 Å². The van der Waals surface area contributed by atoms with Gasteiger partial charge in [-0.15, -0.1) is 0 Å². The van der Waals surface area contributed by atoms with E-state index in [-0.39, 0.29) is 24.6 Å². The van der Waals surface area contributed by atoms with Crippen molar-refractivity contribution in [2.75, 3.05) is 40.0 Å². The first-order valence-electron chi connectivity index (χ1n) is 5.77. The highest BCUT2D eigenvalue weighted by Gasteiger charge is 2.27. The van der Waals surface area contributed by atoms with Crippen LogP contribution in [0.5, 0.6) is 0 Å². The first-order valence-corrected chi connectivity index (χ1v) is 5.77. The average molecular weight is 230 g/mol. The minimum Gasteiger partial charge on any atom is -0.395 e. The van der Waals surface area contributed by atoms with Crippen LogP contribution in [0.4, 0.5) is 0 Å². The third kappa shape index (κ3) is 3.17. The number of amides is 1. The largest absolute Gasteiger partial charge is 0.395 e. The molecule has 0 aromatic carbocycles. The average Bonchev–Trinajstić information content (AvgIpc) is 2.36. The van der Waals surface area contributed by atoms with Gasteiger partial charge < -0.3 is 14.7 Å². The van der Waals surface area contributed by atoms with Gasteiger partial charge in [0, 0.05) is 19.1 Å². The lowest BCUT2D eigenvalue weighted by molar-refractivity contribution is -0.141. The highest BCUT2D eigenvalue weighted by atomic mass is 16.5. The molecule has 16 heavy (non-hydrogen) atoms. The zero-order chi connectivity index (χ0) is 12.1. The Morgan fingerprint density at radius 3 is 2.50 bits per heavy atom. The minimum atomic E-state index is -0.194. The zero-order valence-corrected chi connectivity index (χ0v) is 10.3. The molecule has 2 unspecified atom stereocenters. The summed E-state index contributed by atoms with van der Waals surface area (Å²) in [6, 6.07) is -0.194. The summed E-state index contributed by atoms with van der Waals surface area (Å²) in [5.41, 5.74) is 0. The molecule has 0 saturated carbocycles. The van der Waals surface area contributed by atoms with Crippen molar-refractivity contribution >= 4 is 5.91 Å². The van der Waals surface area contributed by atoms with Crippen molar-refractivity contribution in [3.63, 3.8) is 0 Å². The van der Waals surface area contributed by atoms with Gasteiger partial charge in [0.2, 0.25) is 5.91 Å². The van der Waals surface area contributed by atoms with Gasteiger partial charge in [-0.3, -0.25) is 9.69 Å². The van der Waals surface area contributed by atoms with Crippen molar-refractivity contribution in [1.29, 1.82) is 0 Å². The summed E-state index contributed by atoms with van der Waals surface area (Å²) in [5, 5.41) is 9.06. The Bertz CT molecular complexity index is 229. The van der Waals surface area contributed by atoms with Crippen molar-refractivity contribution < 1.29 is 14.6 Å². The number of rotatable bonds is 4. The van der Waals surface area contributed by atoms with E-state index in [1.54, 1.807) is 0 Å². The third-order valence-corrected chi connectivity index (χ3v) is 3.25. The van der Waals surface area contributed by atoms with Crippen molar-refractivity contribution in [1.82, 2.24) is 9.80 Å². The number of hydrogen-bond acceptors (Lipinski definition) is 4. The molecule has 1 heterocycles. The van der Waals surface area contributed by atoms with E-state index in [4.69, 9.17) is 9.84 Å². The molecule has 0 aromatic rings. The van der Waals surface area contributed by atoms with Gasteiger partial charge in [-0.25, -0.2) is 0 Å². The quantitative estimate of drug-likeness (QED) is 0.710. The molecule has 1 fully saturated rings.